The lowest BCUT2D eigenvalue weighted by molar-refractivity contribution is -0.131. The molecule has 0 spiro atoms. The number of carbonyl (C=O) groups is 1. The molecule has 1 aliphatic rings. The smallest absolute Gasteiger partial charge is 0.367 e. The summed E-state index contributed by atoms with van der Waals surface area (Å²) < 4.78 is 40.0. The summed E-state index contributed by atoms with van der Waals surface area (Å²) >= 11 is 0. The number of hydrogen-bond acceptors (Lipinski definition) is 5. The molecular weight excluding hydrogens is 457 g/mol. The zero-order valence-electron chi connectivity index (χ0n) is 18.9. The maximum Gasteiger partial charge on any atom is 0.390 e. The van der Waals surface area contributed by atoms with Gasteiger partial charge in [0.2, 0.25) is 0 Å². The third kappa shape index (κ3) is 5.11. The lowest BCUT2D eigenvalue weighted by atomic mass is 10.0. The number of hydrogen-bond donors (Lipinski definition) is 2. The molecule has 180 valence electrons. The molecule has 0 radical (unpaired) electrons. The Balaban J connectivity index is 1.54. The summed E-state index contributed by atoms with van der Waals surface area (Å²) in [6.45, 7) is 1.55. The van der Waals surface area contributed by atoms with Gasteiger partial charge in [-0.15, -0.1) is 0 Å². The predicted molar refractivity (Wildman–Crippen MR) is 126 cm³/mol. The zero-order chi connectivity index (χ0) is 24.6. The summed E-state index contributed by atoms with van der Waals surface area (Å²) in [5.74, 6) is 0.160. The Bertz CT molecular complexity index is 1380. The lowest BCUT2D eigenvalue weighted by Gasteiger charge is -2.13. The molecule has 0 atom stereocenters. The predicted octanol–water partition coefficient (Wildman–Crippen LogP) is 5.02. The van der Waals surface area contributed by atoms with Gasteiger partial charge in [0.1, 0.15) is 0 Å². The summed E-state index contributed by atoms with van der Waals surface area (Å²) in [5.41, 5.74) is 4.64. The highest BCUT2D eigenvalue weighted by Gasteiger charge is 2.27. The molecule has 1 saturated carbocycles. The van der Waals surface area contributed by atoms with E-state index in [2.05, 4.69) is 25.6 Å². The SMILES string of the molecule is Cc1cc(-c2cnc3c(NCCC(F)(F)F)nc(-c4cccnc4)cn23)ccc1C(=O)NC1CC1. The largest absolute Gasteiger partial charge is 0.390 e. The maximum absolute atomic E-state index is 12.7. The minimum atomic E-state index is -4.28. The molecule has 3 aromatic heterocycles. The van der Waals surface area contributed by atoms with E-state index >= 15 is 0 Å². The summed E-state index contributed by atoms with van der Waals surface area (Å²) in [4.78, 5) is 25.6. The monoisotopic (exact) mass is 480 g/mol. The number of benzene rings is 1. The number of pyridine rings is 1. The van der Waals surface area contributed by atoms with Crippen LogP contribution in [0.5, 0.6) is 0 Å². The number of nitrogens with zero attached hydrogens (tertiary/aromatic N) is 4. The first-order valence-electron chi connectivity index (χ1n) is 11.3. The first-order valence-corrected chi connectivity index (χ1v) is 11.3. The van der Waals surface area contributed by atoms with Crippen molar-refractivity contribution in [3.05, 3.63) is 66.2 Å². The van der Waals surface area contributed by atoms with Gasteiger partial charge >= 0.3 is 6.18 Å². The van der Waals surface area contributed by atoms with Gasteiger partial charge in [-0.2, -0.15) is 13.2 Å². The maximum atomic E-state index is 12.7. The zero-order valence-corrected chi connectivity index (χ0v) is 18.9. The molecule has 0 saturated heterocycles. The van der Waals surface area contributed by atoms with Crippen molar-refractivity contribution in [3.63, 3.8) is 0 Å². The molecule has 3 heterocycles. The average molecular weight is 480 g/mol. The van der Waals surface area contributed by atoms with Crippen LogP contribution in [0.15, 0.2) is 55.1 Å². The van der Waals surface area contributed by atoms with Crippen LogP contribution in [0.4, 0.5) is 19.0 Å². The van der Waals surface area contributed by atoms with Crippen LogP contribution in [0.1, 0.15) is 35.2 Å². The quantitative estimate of drug-likeness (QED) is 0.388. The van der Waals surface area contributed by atoms with E-state index in [1.54, 1.807) is 41.3 Å². The van der Waals surface area contributed by atoms with E-state index in [1.165, 1.54) is 0 Å². The summed E-state index contributed by atoms with van der Waals surface area (Å²) in [6, 6.07) is 9.40. The molecule has 4 aromatic rings. The van der Waals surface area contributed by atoms with Gasteiger partial charge in [-0.3, -0.25) is 14.2 Å². The first-order chi connectivity index (χ1) is 16.8. The van der Waals surface area contributed by atoms with Crippen molar-refractivity contribution < 1.29 is 18.0 Å². The van der Waals surface area contributed by atoms with Crippen LogP contribution in [0.3, 0.4) is 0 Å². The number of halogens is 3. The second-order valence-electron chi connectivity index (χ2n) is 8.62. The van der Waals surface area contributed by atoms with E-state index in [-0.39, 0.29) is 24.3 Å². The molecule has 35 heavy (non-hydrogen) atoms. The van der Waals surface area contributed by atoms with Crippen molar-refractivity contribution in [2.75, 3.05) is 11.9 Å². The fourth-order valence-electron chi connectivity index (χ4n) is 3.87. The first kappa shape index (κ1) is 22.8. The van der Waals surface area contributed by atoms with Crippen LogP contribution < -0.4 is 10.6 Å². The second-order valence-corrected chi connectivity index (χ2v) is 8.62. The van der Waals surface area contributed by atoms with E-state index in [0.717, 1.165) is 35.2 Å². The van der Waals surface area contributed by atoms with E-state index < -0.39 is 12.6 Å². The lowest BCUT2D eigenvalue weighted by Crippen LogP contribution is -2.26. The van der Waals surface area contributed by atoms with Crippen LogP contribution in [0.25, 0.3) is 28.2 Å². The number of alkyl halides is 3. The molecule has 1 amide bonds. The summed E-state index contributed by atoms with van der Waals surface area (Å²) in [6.07, 6.45) is 3.46. The molecule has 7 nitrogen and oxygen atoms in total. The Hall–Kier alpha value is -3.95. The average Bonchev–Trinajstić information content (AvgIpc) is 3.53. The highest BCUT2D eigenvalue weighted by atomic mass is 19.4. The van der Waals surface area contributed by atoms with E-state index in [4.69, 9.17) is 0 Å². The van der Waals surface area contributed by atoms with Gasteiger partial charge in [-0.05, 0) is 49.6 Å². The van der Waals surface area contributed by atoms with Crippen LogP contribution in [0, 0.1) is 6.92 Å². The fraction of sp³-hybridized carbons (Fsp3) is 0.280. The van der Waals surface area contributed by atoms with Crippen molar-refractivity contribution in [2.45, 2.75) is 38.4 Å². The Morgan fingerprint density at radius 3 is 2.69 bits per heavy atom. The molecule has 1 fully saturated rings. The number of imidazole rings is 1. The third-order valence-corrected chi connectivity index (χ3v) is 5.83. The molecule has 5 rings (SSSR count). The van der Waals surface area contributed by atoms with Gasteiger partial charge in [0.05, 0.1) is 24.0 Å². The summed E-state index contributed by atoms with van der Waals surface area (Å²) in [7, 11) is 0. The number of anilines is 1. The van der Waals surface area contributed by atoms with Crippen molar-refractivity contribution in [1.82, 2.24) is 24.7 Å². The highest BCUT2D eigenvalue weighted by molar-refractivity contribution is 5.96. The van der Waals surface area contributed by atoms with Crippen LogP contribution in [-0.2, 0) is 0 Å². The molecule has 2 N–H and O–H groups in total. The molecular formula is C25H23F3N6O. The molecule has 0 unspecified atom stereocenters. The van der Waals surface area contributed by atoms with Crippen molar-refractivity contribution >= 4 is 17.4 Å². The molecule has 0 bridgehead atoms. The number of fused-ring (bicyclic) bond motifs is 1. The van der Waals surface area contributed by atoms with E-state index in [1.807, 2.05) is 25.1 Å². The normalized spacial score (nSPS) is 13.7. The number of nitrogens with one attached hydrogen (secondary N) is 2. The summed E-state index contributed by atoms with van der Waals surface area (Å²) in [5, 5.41) is 5.79. The Morgan fingerprint density at radius 1 is 1.17 bits per heavy atom. The third-order valence-electron chi connectivity index (χ3n) is 5.83. The van der Waals surface area contributed by atoms with Gasteiger partial charge in [0.25, 0.3) is 5.91 Å². The highest BCUT2D eigenvalue weighted by Crippen LogP contribution is 2.29. The van der Waals surface area contributed by atoms with Crippen LogP contribution in [-0.4, -0.2) is 44.0 Å². The van der Waals surface area contributed by atoms with Crippen LogP contribution >= 0.6 is 0 Å². The second kappa shape index (κ2) is 9.01. The molecule has 0 aliphatic heterocycles. The van der Waals surface area contributed by atoms with Crippen LogP contribution in [0.2, 0.25) is 0 Å². The van der Waals surface area contributed by atoms with E-state index in [9.17, 15) is 18.0 Å². The van der Waals surface area contributed by atoms with Crippen molar-refractivity contribution in [3.8, 4) is 22.5 Å². The fourth-order valence-corrected chi connectivity index (χ4v) is 3.87. The van der Waals surface area contributed by atoms with Gasteiger partial charge in [-0.25, -0.2) is 9.97 Å². The molecule has 10 heteroatoms. The number of carbonyl (C=O) groups excluding carboxylic acids is 1. The minimum Gasteiger partial charge on any atom is -0.367 e. The van der Waals surface area contributed by atoms with Crippen molar-refractivity contribution in [2.24, 2.45) is 0 Å². The van der Waals surface area contributed by atoms with Gasteiger partial charge in [0, 0.05) is 47.9 Å². The van der Waals surface area contributed by atoms with Gasteiger partial charge in [-0.1, -0.05) is 6.07 Å². The molecule has 1 aromatic carbocycles. The minimum absolute atomic E-state index is 0.0890. The topological polar surface area (TPSA) is 84.2 Å². The Labute approximate surface area is 199 Å². The number of aryl methyl sites for hydroxylation is 1. The Morgan fingerprint density at radius 2 is 2.00 bits per heavy atom. The Kier molecular flexibility index (Phi) is 5.88. The van der Waals surface area contributed by atoms with Crippen molar-refractivity contribution in [1.29, 1.82) is 0 Å². The number of rotatable bonds is 7. The standard InChI is InChI=1S/C25H23F3N6O/c1-15-11-16(4-7-19(15)24(35)32-18-5-6-18)21-13-31-23-22(30-10-8-25(26,27)28)33-20(14-34(21)23)17-3-2-9-29-12-17/h2-4,7,9,11-14,18H,5-6,8,10H2,1H3,(H,30,33)(H,32,35). The van der Waals surface area contributed by atoms with Gasteiger partial charge in [0.15, 0.2) is 11.5 Å². The number of amides is 1. The number of aromatic nitrogens is 4. The van der Waals surface area contributed by atoms with Gasteiger partial charge < -0.3 is 10.6 Å². The molecule has 1 aliphatic carbocycles. The van der Waals surface area contributed by atoms with E-state index in [0.29, 0.717) is 16.9 Å².